The second kappa shape index (κ2) is 24.0. The lowest BCUT2D eigenvalue weighted by molar-refractivity contribution is -0.143. The van der Waals surface area contributed by atoms with Crippen LogP contribution in [0.1, 0.15) is 134 Å². The topological polar surface area (TPSA) is 92.9 Å². The second-order valence-corrected chi connectivity index (χ2v) is 10.7. The van der Waals surface area contributed by atoms with Gasteiger partial charge in [0.1, 0.15) is 12.6 Å². The molecule has 0 radical (unpaired) electrons. The molecule has 0 aromatic heterocycles. The van der Waals surface area contributed by atoms with Crippen molar-refractivity contribution in [1.29, 1.82) is 0 Å². The van der Waals surface area contributed by atoms with Gasteiger partial charge in [0.2, 0.25) is 0 Å². The van der Waals surface area contributed by atoms with Crippen molar-refractivity contribution in [2.24, 2.45) is 5.73 Å². The van der Waals surface area contributed by atoms with E-state index in [0.29, 0.717) is 25.9 Å². The third kappa shape index (κ3) is 17.4. The lowest BCUT2D eigenvalue weighted by Crippen LogP contribution is -2.46. The van der Waals surface area contributed by atoms with Gasteiger partial charge < -0.3 is 15.6 Å². The zero-order valence-corrected chi connectivity index (χ0v) is 24.2. The quantitative estimate of drug-likeness (QED) is 0.123. The number of amides is 1. The van der Waals surface area contributed by atoms with E-state index in [0.717, 1.165) is 31.2 Å². The van der Waals surface area contributed by atoms with Crippen molar-refractivity contribution in [2.75, 3.05) is 13.1 Å². The second-order valence-electron chi connectivity index (χ2n) is 10.7. The number of carbonyl (C=O) groups excluding carboxylic acids is 1. The third-order valence-electron chi connectivity index (χ3n) is 7.29. The van der Waals surface area contributed by atoms with Crippen LogP contribution in [-0.4, -0.2) is 41.2 Å². The smallest absolute Gasteiger partial charge is 0.410 e. The van der Waals surface area contributed by atoms with E-state index in [9.17, 15) is 14.7 Å². The standard InChI is InChI=1S/C32H56N2O4/c1-2-3-4-5-6-7-8-9-10-11-12-13-14-15-16-22-27-34(30(31(35)36)25-20-21-26-33)32(37)38-28-29-23-18-17-19-24-29/h17-19,23-24,30H,2-16,20-22,25-28,33H2,1H3,(H,35,36)/t30-/m0/s1. The number of nitrogens with two attached hydrogens (primary N) is 1. The van der Waals surface area contributed by atoms with Gasteiger partial charge in [-0.3, -0.25) is 4.90 Å². The Bertz CT molecular complexity index is 698. The molecule has 3 N–H and O–H groups in total. The molecule has 6 nitrogen and oxygen atoms in total. The van der Waals surface area contributed by atoms with Gasteiger partial charge in [-0.15, -0.1) is 0 Å². The van der Waals surface area contributed by atoms with E-state index < -0.39 is 18.1 Å². The summed E-state index contributed by atoms with van der Waals surface area (Å²) in [5.41, 5.74) is 6.48. The van der Waals surface area contributed by atoms with Crippen molar-refractivity contribution in [3.05, 3.63) is 35.9 Å². The van der Waals surface area contributed by atoms with E-state index in [1.54, 1.807) is 0 Å². The summed E-state index contributed by atoms with van der Waals surface area (Å²) in [6, 6.07) is 8.61. The van der Waals surface area contributed by atoms with Gasteiger partial charge in [-0.25, -0.2) is 9.59 Å². The Morgan fingerprint density at radius 3 is 1.74 bits per heavy atom. The molecule has 1 aromatic rings. The molecular formula is C32H56N2O4. The summed E-state index contributed by atoms with van der Waals surface area (Å²) in [6.07, 6.45) is 21.7. The van der Waals surface area contributed by atoms with Crippen LogP contribution in [0.4, 0.5) is 4.79 Å². The van der Waals surface area contributed by atoms with Crippen molar-refractivity contribution in [3.8, 4) is 0 Å². The maximum Gasteiger partial charge on any atom is 0.410 e. The Hall–Kier alpha value is -2.08. The first-order valence-electron chi connectivity index (χ1n) is 15.5. The van der Waals surface area contributed by atoms with Crippen molar-refractivity contribution in [2.45, 2.75) is 142 Å². The number of unbranched alkanes of at least 4 members (excludes halogenated alkanes) is 16. The van der Waals surface area contributed by atoms with E-state index in [1.807, 2.05) is 30.3 Å². The fraction of sp³-hybridized carbons (Fsp3) is 0.750. The molecule has 0 heterocycles. The summed E-state index contributed by atoms with van der Waals surface area (Å²) in [6.45, 7) is 3.34. The van der Waals surface area contributed by atoms with Crippen LogP contribution < -0.4 is 5.73 Å². The fourth-order valence-electron chi connectivity index (χ4n) is 4.90. The number of benzene rings is 1. The van der Waals surface area contributed by atoms with Gasteiger partial charge in [0, 0.05) is 6.54 Å². The first-order chi connectivity index (χ1) is 18.6. The minimum absolute atomic E-state index is 0.143. The lowest BCUT2D eigenvalue weighted by Gasteiger charge is -2.28. The van der Waals surface area contributed by atoms with Crippen LogP contribution in [0.5, 0.6) is 0 Å². The Balaban J connectivity index is 2.27. The summed E-state index contributed by atoms with van der Waals surface area (Å²) in [7, 11) is 0. The Morgan fingerprint density at radius 1 is 0.763 bits per heavy atom. The van der Waals surface area contributed by atoms with E-state index in [2.05, 4.69) is 6.92 Å². The van der Waals surface area contributed by atoms with Crippen LogP contribution in [0.25, 0.3) is 0 Å². The maximum atomic E-state index is 12.9. The summed E-state index contributed by atoms with van der Waals surface area (Å²) >= 11 is 0. The van der Waals surface area contributed by atoms with Crippen molar-refractivity contribution >= 4 is 12.1 Å². The highest BCUT2D eigenvalue weighted by molar-refractivity contribution is 5.80. The van der Waals surface area contributed by atoms with Crippen molar-refractivity contribution < 1.29 is 19.4 Å². The average molecular weight is 533 g/mol. The molecule has 0 spiro atoms. The van der Waals surface area contributed by atoms with Gasteiger partial charge in [-0.05, 0) is 37.8 Å². The van der Waals surface area contributed by atoms with E-state index in [-0.39, 0.29) is 6.61 Å². The molecule has 0 bridgehead atoms. The molecule has 218 valence electrons. The number of hydrogen-bond acceptors (Lipinski definition) is 4. The summed E-state index contributed by atoms with van der Waals surface area (Å²) in [5.74, 6) is -0.977. The molecule has 0 saturated carbocycles. The number of ether oxygens (including phenoxy) is 1. The number of hydrogen-bond donors (Lipinski definition) is 2. The third-order valence-corrected chi connectivity index (χ3v) is 7.29. The van der Waals surface area contributed by atoms with Gasteiger partial charge in [0.15, 0.2) is 0 Å². The predicted octanol–water partition coefficient (Wildman–Crippen LogP) is 8.47. The largest absolute Gasteiger partial charge is 0.480 e. The van der Waals surface area contributed by atoms with E-state index in [1.165, 1.54) is 88.4 Å². The summed E-state index contributed by atoms with van der Waals surface area (Å²) in [5, 5.41) is 9.83. The first-order valence-corrected chi connectivity index (χ1v) is 15.5. The van der Waals surface area contributed by atoms with Crippen LogP contribution in [0.2, 0.25) is 0 Å². The van der Waals surface area contributed by atoms with Gasteiger partial charge in [-0.1, -0.05) is 134 Å². The molecule has 0 unspecified atom stereocenters. The van der Waals surface area contributed by atoms with Crippen molar-refractivity contribution in [1.82, 2.24) is 4.90 Å². The monoisotopic (exact) mass is 532 g/mol. The van der Waals surface area contributed by atoms with Crippen LogP contribution in [0, 0.1) is 0 Å². The van der Waals surface area contributed by atoms with Crippen LogP contribution in [0.3, 0.4) is 0 Å². The first kappa shape index (κ1) is 33.9. The van der Waals surface area contributed by atoms with Gasteiger partial charge in [0.05, 0.1) is 0 Å². The highest BCUT2D eigenvalue weighted by atomic mass is 16.6. The Morgan fingerprint density at radius 2 is 1.26 bits per heavy atom. The molecule has 0 aliphatic carbocycles. The Labute approximate surface area is 232 Å². The van der Waals surface area contributed by atoms with Crippen molar-refractivity contribution in [3.63, 3.8) is 0 Å². The molecule has 1 amide bonds. The molecule has 0 aliphatic rings. The highest BCUT2D eigenvalue weighted by Gasteiger charge is 2.30. The molecule has 0 fully saturated rings. The molecule has 0 saturated heterocycles. The predicted molar refractivity (Wildman–Crippen MR) is 157 cm³/mol. The molecule has 1 rings (SSSR count). The van der Waals surface area contributed by atoms with Gasteiger partial charge >= 0.3 is 12.1 Å². The molecular weight excluding hydrogens is 476 g/mol. The molecule has 38 heavy (non-hydrogen) atoms. The SMILES string of the molecule is CCCCCCCCCCCCCCCCCCN(C(=O)OCc1ccccc1)[C@@H](CCCCN)C(=O)O. The summed E-state index contributed by atoms with van der Waals surface area (Å²) in [4.78, 5) is 26.3. The zero-order valence-electron chi connectivity index (χ0n) is 24.2. The minimum Gasteiger partial charge on any atom is -0.480 e. The zero-order chi connectivity index (χ0) is 27.7. The van der Waals surface area contributed by atoms with Crippen LogP contribution in [-0.2, 0) is 16.1 Å². The normalized spacial score (nSPS) is 11.8. The maximum absolute atomic E-state index is 12.9. The number of aliphatic carboxylic acids is 1. The molecule has 6 heteroatoms. The molecule has 0 aliphatic heterocycles. The van der Waals surface area contributed by atoms with Gasteiger partial charge in [-0.2, -0.15) is 0 Å². The number of nitrogens with zero attached hydrogens (tertiary/aromatic N) is 1. The number of carboxylic acids is 1. The fourth-order valence-corrected chi connectivity index (χ4v) is 4.90. The number of carboxylic acid groups (broad SMARTS) is 1. The minimum atomic E-state index is -0.977. The van der Waals surface area contributed by atoms with Crippen LogP contribution in [0.15, 0.2) is 30.3 Å². The highest BCUT2D eigenvalue weighted by Crippen LogP contribution is 2.17. The summed E-state index contributed by atoms with van der Waals surface area (Å²) < 4.78 is 5.51. The van der Waals surface area contributed by atoms with Crippen LogP contribution >= 0.6 is 0 Å². The lowest BCUT2D eigenvalue weighted by atomic mass is 10.0. The molecule has 1 aromatic carbocycles. The van der Waals surface area contributed by atoms with E-state index >= 15 is 0 Å². The van der Waals surface area contributed by atoms with Gasteiger partial charge in [0.25, 0.3) is 0 Å². The van der Waals surface area contributed by atoms with E-state index in [4.69, 9.17) is 10.5 Å². The average Bonchev–Trinajstić information content (AvgIpc) is 2.92. The number of rotatable bonds is 25. The number of carbonyl (C=O) groups is 2. The Kier molecular flexibility index (Phi) is 21.4. The molecule has 1 atom stereocenters.